The van der Waals surface area contributed by atoms with Crippen LogP contribution in [0.1, 0.15) is 30.5 Å². The largest absolute Gasteiger partial charge is 0.310 e. The Bertz CT molecular complexity index is 3750. The Hall–Kier alpha value is -8.20. The average molecular weight is 835 g/mol. The Kier molecular flexibility index (Phi) is 8.21. The zero-order valence-corrected chi connectivity index (χ0v) is 36.2. The number of benzene rings is 10. The van der Waals surface area contributed by atoms with Crippen LogP contribution in [0.4, 0.5) is 17.1 Å². The van der Waals surface area contributed by atoms with Crippen LogP contribution in [0.2, 0.25) is 0 Å². The fourth-order valence-corrected chi connectivity index (χ4v) is 10.0. The van der Waals surface area contributed by atoms with Crippen LogP contribution in [-0.2, 0) is 5.41 Å². The summed E-state index contributed by atoms with van der Waals surface area (Å²) in [6.45, 7) is 4.48. The van der Waals surface area contributed by atoms with Crippen LogP contribution in [0.25, 0.3) is 83.1 Å². The fourth-order valence-electron chi connectivity index (χ4n) is 10.0. The molecule has 0 saturated carbocycles. The van der Waals surface area contributed by atoms with E-state index >= 15 is 0 Å². The van der Waals surface area contributed by atoms with Crippen LogP contribution < -0.4 is 4.90 Å². The van der Waals surface area contributed by atoms with Crippen LogP contribution >= 0.6 is 0 Å². The molecule has 1 heterocycles. The van der Waals surface area contributed by atoms with Crippen molar-refractivity contribution in [3.05, 3.63) is 254 Å². The van der Waals surface area contributed by atoms with Crippen molar-refractivity contribution in [2.45, 2.75) is 19.3 Å². The van der Waals surface area contributed by atoms with E-state index in [0.29, 0.717) is 5.56 Å². The minimum Gasteiger partial charge on any atom is -0.310 e. The van der Waals surface area contributed by atoms with E-state index in [0.717, 1.165) is 83.4 Å². The van der Waals surface area contributed by atoms with Crippen molar-refractivity contribution in [1.82, 2.24) is 4.57 Å². The van der Waals surface area contributed by atoms with Crippen molar-refractivity contribution in [2.24, 2.45) is 0 Å². The smallest absolute Gasteiger partial charge is 0.0645 e. The minimum absolute atomic E-state index is 0.0992. The molecule has 1 aromatic heterocycles. The average Bonchev–Trinajstić information content (AvgIpc) is 3.85. The third-order valence-corrected chi connectivity index (χ3v) is 13.3. The summed E-state index contributed by atoms with van der Waals surface area (Å²) >= 11 is 0. The molecule has 1 aliphatic rings. The maximum absolute atomic E-state index is 9.84. The zero-order chi connectivity index (χ0) is 47.0. The normalized spacial score (nSPS) is 13.4. The second kappa shape index (κ2) is 15.6. The number of para-hydroxylation sites is 1. The van der Waals surface area contributed by atoms with Gasteiger partial charge in [0.25, 0.3) is 0 Å². The number of fused-ring (bicyclic) bond motifs is 6. The van der Waals surface area contributed by atoms with Crippen LogP contribution in [0.15, 0.2) is 243 Å². The third kappa shape index (κ3) is 6.57. The number of aromatic nitrogens is 1. The minimum atomic E-state index is -0.301. The van der Waals surface area contributed by atoms with Gasteiger partial charge in [-0.05, 0) is 133 Å². The molecule has 65 heavy (non-hydrogen) atoms. The molecule has 0 fully saturated rings. The van der Waals surface area contributed by atoms with Gasteiger partial charge in [-0.25, -0.2) is 0 Å². The summed E-state index contributed by atoms with van der Waals surface area (Å²) < 4.78 is 41.4. The van der Waals surface area contributed by atoms with Crippen molar-refractivity contribution in [1.29, 1.82) is 0 Å². The molecule has 12 rings (SSSR count). The molecule has 0 radical (unpaired) electrons. The lowest BCUT2D eigenvalue weighted by Gasteiger charge is -2.28. The van der Waals surface area contributed by atoms with Crippen LogP contribution in [-0.4, -0.2) is 4.57 Å². The van der Waals surface area contributed by atoms with Gasteiger partial charge < -0.3 is 9.47 Å². The molecule has 2 nitrogen and oxygen atoms in total. The standard InChI is InChI=1S/C63H46N2/c1-63(2)59-23-13-11-21-55(59)56-39-38-52(42-60(56)63)64(50-36-29-47(30-37-50)54-20-10-9-19-53(54)46-17-7-4-8-18-46)49-32-27-45(28-33-49)48-31-40-62-58(41-48)57-22-12-14-24-61(57)65(62)51-34-25-44(26-35-51)43-15-5-3-6-16-43/h3-42H,1-2H3/i27D,28D,32D,33D. The Morgan fingerprint density at radius 2 is 0.877 bits per heavy atom. The number of rotatable bonds is 8. The van der Waals surface area contributed by atoms with Gasteiger partial charge in [0, 0.05) is 38.9 Å². The molecule has 0 aliphatic heterocycles. The van der Waals surface area contributed by atoms with E-state index < -0.39 is 0 Å². The lowest BCUT2D eigenvalue weighted by Crippen LogP contribution is -2.16. The molecule has 10 aromatic carbocycles. The van der Waals surface area contributed by atoms with Gasteiger partial charge in [-0.1, -0.05) is 190 Å². The summed E-state index contributed by atoms with van der Waals surface area (Å²) in [5, 5.41) is 2.00. The van der Waals surface area contributed by atoms with Gasteiger partial charge in [0.2, 0.25) is 0 Å². The molecule has 11 aromatic rings. The van der Waals surface area contributed by atoms with Gasteiger partial charge in [0.15, 0.2) is 0 Å². The predicted molar refractivity (Wildman–Crippen MR) is 275 cm³/mol. The van der Waals surface area contributed by atoms with E-state index in [2.05, 4.69) is 182 Å². The molecule has 2 heteroatoms. The summed E-state index contributed by atoms with van der Waals surface area (Å²) in [4.78, 5) is 1.91. The van der Waals surface area contributed by atoms with E-state index in [1.165, 1.54) is 11.1 Å². The summed E-state index contributed by atoms with van der Waals surface area (Å²) in [6.07, 6.45) is 0. The van der Waals surface area contributed by atoms with Gasteiger partial charge >= 0.3 is 0 Å². The molecule has 0 atom stereocenters. The summed E-state index contributed by atoms with van der Waals surface area (Å²) in [5.74, 6) is 0. The highest BCUT2D eigenvalue weighted by Gasteiger charge is 2.35. The van der Waals surface area contributed by atoms with E-state index in [1.807, 2.05) is 59.5 Å². The topological polar surface area (TPSA) is 8.17 Å². The maximum atomic E-state index is 9.84. The van der Waals surface area contributed by atoms with Crippen molar-refractivity contribution < 1.29 is 5.48 Å². The first kappa shape index (κ1) is 34.3. The van der Waals surface area contributed by atoms with Gasteiger partial charge in [-0.15, -0.1) is 0 Å². The first-order valence-electron chi connectivity index (χ1n) is 24.3. The van der Waals surface area contributed by atoms with Gasteiger partial charge in [0.05, 0.1) is 16.5 Å². The lowest BCUT2D eigenvalue weighted by atomic mass is 9.82. The van der Waals surface area contributed by atoms with E-state index in [4.69, 9.17) is 0 Å². The summed E-state index contributed by atoms with van der Waals surface area (Å²) in [5.41, 5.74) is 16.7. The third-order valence-electron chi connectivity index (χ3n) is 13.3. The van der Waals surface area contributed by atoms with Gasteiger partial charge in [0.1, 0.15) is 0 Å². The van der Waals surface area contributed by atoms with E-state index in [-0.39, 0.29) is 40.8 Å². The van der Waals surface area contributed by atoms with Crippen molar-refractivity contribution in [2.75, 3.05) is 4.90 Å². The lowest BCUT2D eigenvalue weighted by molar-refractivity contribution is 0.660. The van der Waals surface area contributed by atoms with Crippen LogP contribution in [0.5, 0.6) is 0 Å². The van der Waals surface area contributed by atoms with Crippen molar-refractivity contribution >= 4 is 38.9 Å². The van der Waals surface area contributed by atoms with Gasteiger partial charge in [-0.2, -0.15) is 0 Å². The number of nitrogens with zero attached hydrogens (tertiary/aromatic N) is 2. The quantitative estimate of drug-likeness (QED) is 0.148. The molecule has 1 aliphatic carbocycles. The molecule has 0 spiro atoms. The molecule has 308 valence electrons. The molecule has 0 bridgehead atoms. The zero-order valence-electron chi connectivity index (χ0n) is 40.2. The second-order valence-electron chi connectivity index (χ2n) is 17.4. The second-order valence-corrected chi connectivity index (χ2v) is 17.4. The SMILES string of the molecule is [2H]c1c([2H])c(N(c2ccc(-c3ccccc3-c3ccccc3)cc2)c2ccc3c(c2)C(C)(C)c2ccccc2-3)c([2H])c([2H])c1-c1ccc2c(c1)c1ccccc1n2-c1ccc(-c2ccccc2)cc1. The maximum Gasteiger partial charge on any atom is 0.0645 e. The Morgan fingerprint density at radius 1 is 0.354 bits per heavy atom. The molecular formula is C63H46N2. The van der Waals surface area contributed by atoms with E-state index in [1.54, 1.807) is 0 Å². The number of hydrogen-bond donors (Lipinski definition) is 0. The van der Waals surface area contributed by atoms with Crippen LogP contribution in [0.3, 0.4) is 0 Å². The highest BCUT2D eigenvalue weighted by atomic mass is 15.1. The van der Waals surface area contributed by atoms with Gasteiger partial charge in [-0.3, -0.25) is 0 Å². The molecule has 0 amide bonds. The monoisotopic (exact) mass is 834 g/mol. The molecule has 0 saturated heterocycles. The molecule has 0 N–H and O–H groups in total. The Morgan fingerprint density at radius 3 is 1.60 bits per heavy atom. The summed E-state index contributed by atoms with van der Waals surface area (Å²) in [6, 6.07) is 74.7. The first-order valence-corrected chi connectivity index (χ1v) is 22.3. The number of anilines is 3. The number of hydrogen-bond acceptors (Lipinski definition) is 1. The first-order chi connectivity index (χ1) is 33.7. The Balaban J connectivity index is 0.996. The van der Waals surface area contributed by atoms with Crippen LogP contribution in [0, 0.1) is 0 Å². The van der Waals surface area contributed by atoms with E-state index in [9.17, 15) is 5.48 Å². The van der Waals surface area contributed by atoms with Crippen molar-refractivity contribution in [3.8, 4) is 61.3 Å². The summed E-state index contributed by atoms with van der Waals surface area (Å²) in [7, 11) is 0. The van der Waals surface area contributed by atoms with Crippen molar-refractivity contribution in [3.63, 3.8) is 0 Å². The Labute approximate surface area is 386 Å². The molecular weight excluding hydrogens is 785 g/mol. The predicted octanol–water partition coefficient (Wildman–Crippen LogP) is 17.2. The molecule has 0 unspecified atom stereocenters. The highest BCUT2D eigenvalue weighted by molar-refractivity contribution is 6.10. The highest BCUT2D eigenvalue weighted by Crippen LogP contribution is 2.51. The fraction of sp³-hybridized carbons (Fsp3) is 0.0476.